The zero-order valence-electron chi connectivity index (χ0n) is 15.4. The Morgan fingerprint density at radius 1 is 0.800 bits per heavy atom. The largest absolute Gasteiger partial charge is 4.00 e. The minimum Gasteiger partial charge on any atom is -0.668 e. The van der Waals surface area contributed by atoms with Crippen molar-refractivity contribution in [2.24, 2.45) is 5.92 Å². The van der Waals surface area contributed by atoms with Crippen molar-refractivity contribution in [1.82, 2.24) is 0 Å². The fourth-order valence-corrected chi connectivity index (χ4v) is 1.79. The molecule has 0 heterocycles. The van der Waals surface area contributed by atoms with Crippen molar-refractivity contribution >= 4 is 0 Å². The Labute approximate surface area is 149 Å². The normalized spacial score (nSPS) is 12.2. The van der Waals surface area contributed by atoms with Gasteiger partial charge >= 0.3 is 26.2 Å². The topological polar surface area (TPSA) is 42.3 Å². The Hall–Kier alpha value is 0.763. The first-order valence-electron chi connectivity index (χ1n) is 7.12. The molecule has 0 N–H and O–H groups in total. The molecule has 0 radical (unpaired) electrons. The first-order valence-corrected chi connectivity index (χ1v) is 7.12. The maximum Gasteiger partial charge on any atom is 4.00 e. The van der Waals surface area contributed by atoms with E-state index in [1.54, 1.807) is 42.3 Å². The van der Waals surface area contributed by atoms with Gasteiger partial charge in [0.1, 0.15) is 0 Å². The summed E-state index contributed by atoms with van der Waals surface area (Å²) in [6, 6.07) is 0. The second-order valence-electron chi connectivity index (χ2n) is 4.63. The van der Waals surface area contributed by atoms with Crippen LogP contribution in [0.1, 0.15) is 51.9 Å². The van der Waals surface area contributed by atoms with Crippen LogP contribution in [-0.4, -0.2) is 42.3 Å². The second-order valence-corrected chi connectivity index (χ2v) is 4.63. The summed E-state index contributed by atoms with van der Waals surface area (Å²) < 4.78 is 0. The summed E-state index contributed by atoms with van der Waals surface area (Å²) in [5.41, 5.74) is 0. The molecule has 0 aliphatic heterocycles. The number of hydrogen-bond acceptors (Lipinski definition) is 0. The molecular formula is C16H39N3Zr. The minimum absolute atomic E-state index is 0. The van der Waals surface area contributed by atoms with Crippen molar-refractivity contribution in [1.29, 1.82) is 0 Å². The Kier molecular flexibility index (Phi) is 59.9. The average Bonchev–Trinajstić information content (AvgIpc) is 2.82. The van der Waals surface area contributed by atoms with E-state index < -0.39 is 0 Å². The Morgan fingerprint density at radius 2 is 1.10 bits per heavy atom. The van der Waals surface area contributed by atoms with Gasteiger partial charge in [-0.2, -0.15) is 42.3 Å². The van der Waals surface area contributed by atoms with Gasteiger partial charge in [0, 0.05) is 0 Å². The number of nitrogens with zero attached hydrogens (tertiary/aromatic N) is 3. The van der Waals surface area contributed by atoms with Crippen LogP contribution in [0.4, 0.5) is 0 Å². The van der Waals surface area contributed by atoms with Crippen molar-refractivity contribution in [3.05, 3.63) is 23.4 Å². The van der Waals surface area contributed by atoms with Crippen molar-refractivity contribution in [2.45, 2.75) is 51.9 Å². The maximum absolute atomic E-state index is 3.50. The average molecular weight is 365 g/mol. The van der Waals surface area contributed by atoms with Gasteiger partial charge in [-0.05, 0) is 5.92 Å². The van der Waals surface area contributed by atoms with Gasteiger partial charge in [-0.15, -0.1) is 0 Å². The van der Waals surface area contributed by atoms with E-state index >= 15 is 0 Å². The van der Waals surface area contributed by atoms with Crippen LogP contribution < -0.4 is 0 Å². The molecule has 0 bridgehead atoms. The SMILES string of the molecule is CCCCC1CCCC1.C[N-]C.C[N-]C.C[N-]C.[CH3-].[Zr+4]. The third-order valence-electron chi connectivity index (χ3n) is 2.44. The van der Waals surface area contributed by atoms with Crippen LogP contribution in [0.15, 0.2) is 0 Å². The van der Waals surface area contributed by atoms with E-state index in [2.05, 4.69) is 22.9 Å². The summed E-state index contributed by atoms with van der Waals surface area (Å²) >= 11 is 0. The van der Waals surface area contributed by atoms with Crippen LogP contribution in [0, 0.1) is 13.3 Å². The zero-order valence-corrected chi connectivity index (χ0v) is 17.8. The van der Waals surface area contributed by atoms with Gasteiger partial charge in [-0.3, -0.25) is 0 Å². The molecule has 0 saturated heterocycles. The molecule has 0 aromatic heterocycles. The number of unbranched alkanes of at least 4 members (excludes halogenated alkanes) is 1. The van der Waals surface area contributed by atoms with E-state index in [0.29, 0.717) is 0 Å². The zero-order chi connectivity index (χ0) is 14.6. The predicted molar refractivity (Wildman–Crippen MR) is 93.5 cm³/mol. The first kappa shape index (κ1) is 32.6. The monoisotopic (exact) mass is 363 g/mol. The molecule has 3 nitrogen and oxygen atoms in total. The van der Waals surface area contributed by atoms with Crippen LogP contribution in [0.25, 0.3) is 16.0 Å². The Balaban J connectivity index is -0.0000000586. The van der Waals surface area contributed by atoms with Crippen molar-refractivity contribution in [2.75, 3.05) is 42.3 Å². The molecule has 0 spiro atoms. The van der Waals surface area contributed by atoms with E-state index in [9.17, 15) is 0 Å². The molecule has 1 aliphatic rings. The summed E-state index contributed by atoms with van der Waals surface area (Å²) in [5, 5.41) is 10.5. The first-order chi connectivity index (χ1) is 8.67. The molecule has 1 aliphatic carbocycles. The quantitative estimate of drug-likeness (QED) is 0.579. The van der Waals surface area contributed by atoms with Crippen molar-refractivity contribution in [3.63, 3.8) is 0 Å². The van der Waals surface area contributed by atoms with Gasteiger partial charge < -0.3 is 23.4 Å². The van der Waals surface area contributed by atoms with Crippen LogP contribution in [0.3, 0.4) is 0 Å². The van der Waals surface area contributed by atoms with Gasteiger partial charge in [-0.25, -0.2) is 0 Å². The van der Waals surface area contributed by atoms with Crippen molar-refractivity contribution in [3.8, 4) is 0 Å². The molecule has 1 saturated carbocycles. The van der Waals surface area contributed by atoms with Crippen LogP contribution in [-0.2, 0) is 26.2 Å². The predicted octanol–water partition coefficient (Wildman–Crippen LogP) is 5.67. The standard InChI is InChI=1S/C9H18.3C2H6N.CH3.Zr/c1-2-3-6-9-7-4-5-8-9;3*1-3-2;;/h9H,2-8H2,1H3;3*1-2H3;1H3;/q;4*-1;+4. The van der Waals surface area contributed by atoms with Crippen LogP contribution in [0.5, 0.6) is 0 Å². The summed E-state index contributed by atoms with van der Waals surface area (Å²) in [4.78, 5) is 0. The third-order valence-corrected chi connectivity index (χ3v) is 2.44. The third kappa shape index (κ3) is 42.8. The number of rotatable bonds is 3. The van der Waals surface area contributed by atoms with Gasteiger partial charge in [-0.1, -0.05) is 51.9 Å². The van der Waals surface area contributed by atoms with Gasteiger partial charge in [0.25, 0.3) is 0 Å². The van der Waals surface area contributed by atoms with E-state index in [1.165, 1.54) is 44.9 Å². The molecule has 20 heavy (non-hydrogen) atoms. The van der Waals surface area contributed by atoms with Crippen LogP contribution >= 0.6 is 0 Å². The van der Waals surface area contributed by atoms with Crippen molar-refractivity contribution < 1.29 is 26.2 Å². The fourth-order valence-electron chi connectivity index (χ4n) is 1.79. The Morgan fingerprint density at radius 3 is 1.35 bits per heavy atom. The molecular weight excluding hydrogens is 325 g/mol. The van der Waals surface area contributed by atoms with E-state index in [-0.39, 0.29) is 33.6 Å². The molecule has 1 fully saturated rings. The summed E-state index contributed by atoms with van der Waals surface area (Å²) in [7, 11) is 10.5. The van der Waals surface area contributed by atoms with Crippen LogP contribution in [0.2, 0.25) is 0 Å². The molecule has 122 valence electrons. The second kappa shape index (κ2) is 36.7. The molecule has 1 rings (SSSR count). The van der Waals surface area contributed by atoms with E-state index in [0.717, 1.165) is 5.92 Å². The summed E-state index contributed by atoms with van der Waals surface area (Å²) in [6.45, 7) is 2.29. The Bertz CT molecular complexity index is 103. The van der Waals surface area contributed by atoms with E-state index in [1.807, 2.05) is 0 Å². The molecule has 0 atom stereocenters. The molecule has 0 unspecified atom stereocenters. The number of hydrogen-bond donors (Lipinski definition) is 0. The smallest absolute Gasteiger partial charge is 0.668 e. The molecule has 0 aromatic rings. The van der Waals surface area contributed by atoms with Gasteiger partial charge in [0.2, 0.25) is 0 Å². The summed E-state index contributed by atoms with van der Waals surface area (Å²) in [5.74, 6) is 1.12. The molecule has 4 heteroatoms. The summed E-state index contributed by atoms with van der Waals surface area (Å²) in [6.07, 6.45) is 10.4. The van der Waals surface area contributed by atoms with Gasteiger partial charge in [0.05, 0.1) is 0 Å². The fraction of sp³-hybridized carbons (Fsp3) is 0.938. The molecule has 0 aromatic carbocycles. The molecule has 0 amide bonds. The maximum atomic E-state index is 3.50. The van der Waals surface area contributed by atoms with E-state index in [4.69, 9.17) is 0 Å². The minimum atomic E-state index is 0. The van der Waals surface area contributed by atoms with Gasteiger partial charge in [0.15, 0.2) is 0 Å².